The van der Waals surface area contributed by atoms with Crippen molar-refractivity contribution in [1.82, 2.24) is 0 Å². The molecule has 0 bridgehead atoms. The minimum atomic E-state index is -4.59. The normalized spacial score (nSPS) is 11.6. The van der Waals surface area contributed by atoms with Crippen LogP contribution in [0.3, 0.4) is 0 Å². The van der Waals surface area contributed by atoms with E-state index < -0.39 is 30.2 Å². The average molecular weight is 291 g/mol. The summed E-state index contributed by atoms with van der Waals surface area (Å²) in [6.45, 7) is -1.66. The van der Waals surface area contributed by atoms with E-state index in [1.165, 1.54) is 0 Å². The van der Waals surface area contributed by atoms with Crippen molar-refractivity contribution in [3.05, 3.63) is 28.2 Å². The third-order valence-corrected chi connectivity index (χ3v) is 1.97. The zero-order valence-corrected chi connectivity index (χ0v) is 8.62. The molecule has 0 aliphatic heterocycles. The van der Waals surface area contributed by atoms with Crippen molar-refractivity contribution in [2.75, 3.05) is 6.61 Å². The Labute approximate surface area is 90.0 Å². The lowest BCUT2D eigenvalue weighted by Gasteiger charge is -2.10. The second-order valence-corrected chi connectivity index (χ2v) is 3.45. The van der Waals surface area contributed by atoms with Gasteiger partial charge in [-0.15, -0.1) is 0 Å². The molecule has 0 N–H and O–H groups in total. The molecule has 15 heavy (non-hydrogen) atoms. The van der Waals surface area contributed by atoms with Gasteiger partial charge in [0.2, 0.25) is 0 Å². The van der Waals surface area contributed by atoms with Crippen LogP contribution in [0.25, 0.3) is 0 Å². The Morgan fingerprint density at radius 3 is 2.27 bits per heavy atom. The van der Waals surface area contributed by atoms with Crippen LogP contribution in [0.2, 0.25) is 0 Å². The first-order valence-corrected chi connectivity index (χ1v) is 4.43. The molecular formula is C8H4BrF5O. The number of hydrogen-bond acceptors (Lipinski definition) is 1. The van der Waals surface area contributed by atoms with E-state index in [4.69, 9.17) is 0 Å². The molecule has 0 heterocycles. The molecule has 7 heteroatoms. The Morgan fingerprint density at radius 2 is 1.73 bits per heavy atom. The molecule has 0 fully saturated rings. The van der Waals surface area contributed by atoms with Crippen molar-refractivity contribution in [3.63, 3.8) is 0 Å². The van der Waals surface area contributed by atoms with Crippen molar-refractivity contribution >= 4 is 15.9 Å². The summed E-state index contributed by atoms with van der Waals surface area (Å²) in [4.78, 5) is 0. The Morgan fingerprint density at radius 1 is 1.13 bits per heavy atom. The van der Waals surface area contributed by atoms with Crippen LogP contribution in [0, 0.1) is 11.6 Å². The fraction of sp³-hybridized carbons (Fsp3) is 0.250. The zero-order valence-electron chi connectivity index (χ0n) is 7.04. The van der Waals surface area contributed by atoms with Crippen LogP contribution in [0.5, 0.6) is 5.75 Å². The molecule has 1 aromatic carbocycles. The molecule has 0 atom stereocenters. The highest BCUT2D eigenvalue weighted by atomic mass is 79.9. The standard InChI is InChI=1S/C8H4BrF5O/c9-4-1-6(11)7(2-5(4)10)15-3-8(12,13)14/h1-2H,3H2. The van der Waals surface area contributed by atoms with Crippen LogP contribution in [0.15, 0.2) is 16.6 Å². The van der Waals surface area contributed by atoms with E-state index in [0.29, 0.717) is 12.1 Å². The van der Waals surface area contributed by atoms with Crippen molar-refractivity contribution in [1.29, 1.82) is 0 Å². The molecule has 0 saturated carbocycles. The second-order valence-electron chi connectivity index (χ2n) is 2.60. The van der Waals surface area contributed by atoms with Gasteiger partial charge in [-0.25, -0.2) is 8.78 Å². The van der Waals surface area contributed by atoms with E-state index in [-0.39, 0.29) is 4.47 Å². The van der Waals surface area contributed by atoms with Crippen LogP contribution in [0.4, 0.5) is 22.0 Å². The summed E-state index contributed by atoms with van der Waals surface area (Å²) >= 11 is 2.68. The molecule has 0 radical (unpaired) electrons. The molecule has 1 nitrogen and oxygen atoms in total. The largest absolute Gasteiger partial charge is 0.481 e. The summed E-state index contributed by atoms with van der Waals surface area (Å²) in [5, 5.41) is 0. The highest BCUT2D eigenvalue weighted by molar-refractivity contribution is 9.10. The minimum Gasteiger partial charge on any atom is -0.481 e. The van der Waals surface area contributed by atoms with E-state index in [9.17, 15) is 22.0 Å². The van der Waals surface area contributed by atoms with Crippen LogP contribution in [-0.2, 0) is 0 Å². The quantitative estimate of drug-likeness (QED) is 0.596. The molecular weight excluding hydrogens is 287 g/mol. The zero-order chi connectivity index (χ0) is 11.6. The summed E-state index contributed by atoms with van der Waals surface area (Å²) in [7, 11) is 0. The highest BCUT2D eigenvalue weighted by Gasteiger charge is 2.29. The van der Waals surface area contributed by atoms with Gasteiger partial charge in [0.05, 0.1) is 4.47 Å². The summed E-state index contributed by atoms with van der Waals surface area (Å²) < 4.78 is 64.7. The van der Waals surface area contributed by atoms with E-state index in [2.05, 4.69) is 20.7 Å². The maximum atomic E-state index is 12.9. The lowest BCUT2D eigenvalue weighted by Crippen LogP contribution is -2.19. The molecule has 1 aromatic rings. The van der Waals surface area contributed by atoms with Gasteiger partial charge in [0.15, 0.2) is 18.2 Å². The van der Waals surface area contributed by atoms with Crippen molar-refractivity contribution in [2.45, 2.75) is 6.18 Å². The first-order chi connectivity index (χ1) is 6.79. The Kier molecular flexibility index (Phi) is 3.54. The van der Waals surface area contributed by atoms with Gasteiger partial charge in [-0.1, -0.05) is 0 Å². The first-order valence-electron chi connectivity index (χ1n) is 3.63. The molecule has 0 aliphatic carbocycles. The van der Waals surface area contributed by atoms with Crippen molar-refractivity contribution in [3.8, 4) is 5.75 Å². The molecule has 0 saturated heterocycles. The summed E-state index contributed by atoms with van der Waals surface area (Å²) in [5.74, 6) is -2.73. The van der Waals surface area contributed by atoms with Crippen LogP contribution in [-0.4, -0.2) is 12.8 Å². The number of hydrogen-bond donors (Lipinski definition) is 0. The number of ether oxygens (including phenoxy) is 1. The topological polar surface area (TPSA) is 9.23 Å². The number of rotatable bonds is 2. The van der Waals surface area contributed by atoms with Crippen LogP contribution >= 0.6 is 15.9 Å². The van der Waals surface area contributed by atoms with Crippen molar-refractivity contribution in [2.24, 2.45) is 0 Å². The number of halogens is 6. The van der Waals surface area contributed by atoms with Gasteiger partial charge in [-0.2, -0.15) is 13.2 Å². The minimum absolute atomic E-state index is 0.181. The molecule has 0 aromatic heterocycles. The maximum absolute atomic E-state index is 12.9. The van der Waals surface area contributed by atoms with Gasteiger partial charge in [-0.05, 0) is 22.0 Å². The third kappa shape index (κ3) is 3.65. The lowest BCUT2D eigenvalue weighted by molar-refractivity contribution is -0.153. The Balaban J connectivity index is 2.82. The monoisotopic (exact) mass is 290 g/mol. The molecule has 0 unspecified atom stereocenters. The molecule has 1 rings (SSSR count). The molecule has 0 amide bonds. The first kappa shape index (κ1) is 12.2. The van der Waals surface area contributed by atoms with Crippen LogP contribution < -0.4 is 4.74 Å². The van der Waals surface area contributed by atoms with Gasteiger partial charge >= 0.3 is 6.18 Å². The van der Waals surface area contributed by atoms with Gasteiger partial charge in [0, 0.05) is 6.07 Å². The SMILES string of the molecule is Fc1cc(OCC(F)(F)F)c(F)cc1Br. The van der Waals surface area contributed by atoms with Crippen LogP contribution in [0.1, 0.15) is 0 Å². The Hall–Kier alpha value is -0.850. The summed E-state index contributed by atoms with van der Waals surface area (Å²) in [6, 6.07) is 1.24. The predicted molar refractivity (Wildman–Crippen MR) is 45.6 cm³/mol. The van der Waals surface area contributed by atoms with Gasteiger partial charge in [-0.3, -0.25) is 0 Å². The fourth-order valence-corrected chi connectivity index (χ4v) is 1.09. The third-order valence-electron chi connectivity index (χ3n) is 1.37. The van der Waals surface area contributed by atoms with Gasteiger partial charge < -0.3 is 4.74 Å². The van der Waals surface area contributed by atoms with E-state index in [0.717, 1.165) is 0 Å². The fourth-order valence-electron chi connectivity index (χ4n) is 0.775. The van der Waals surface area contributed by atoms with E-state index in [1.807, 2.05) is 0 Å². The maximum Gasteiger partial charge on any atom is 0.422 e. The van der Waals surface area contributed by atoms with E-state index >= 15 is 0 Å². The highest BCUT2D eigenvalue weighted by Crippen LogP contribution is 2.26. The Bertz CT molecular complexity index is 363. The lowest BCUT2D eigenvalue weighted by atomic mass is 10.3. The van der Waals surface area contributed by atoms with E-state index in [1.54, 1.807) is 0 Å². The molecule has 0 aliphatic rings. The molecule has 84 valence electrons. The summed E-state index contributed by atoms with van der Waals surface area (Å²) in [6.07, 6.45) is -4.59. The number of alkyl halides is 3. The van der Waals surface area contributed by atoms with Gasteiger partial charge in [0.1, 0.15) is 5.82 Å². The predicted octanol–water partition coefficient (Wildman–Crippen LogP) is 3.67. The average Bonchev–Trinajstić information content (AvgIpc) is 2.07. The second kappa shape index (κ2) is 4.34. The number of benzene rings is 1. The summed E-state index contributed by atoms with van der Waals surface area (Å²) in [5.41, 5.74) is 0. The van der Waals surface area contributed by atoms with Crippen molar-refractivity contribution < 1.29 is 26.7 Å². The smallest absolute Gasteiger partial charge is 0.422 e. The van der Waals surface area contributed by atoms with Gasteiger partial charge in [0.25, 0.3) is 0 Å². The molecule has 0 spiro atoms.